The molecule has 0 aromatic heterocycles. The van der Waals surface area contributed by atoms with Crippen LogP contribution in [0.2, 0.25) is 0 Å². The zero-order valence-electron chi connectivity index (χ0n) is 15.9. The highest BCUT2D eigenvalue weighted by Crippen LogP contribution is 2.25. The first-order chi connectivity index (χ1) is 10.6. The third-order valence-corrected chi connectivity index (χ3v) is 3.24. The molecular formula is C17H31NO6. The van der Waals surface area contributed by atoms with E-state index in [1.54, 1.807) is 41.5 Å². The van der Waals surface area contributed by atoms with Crippen LogP contribution in [0.1, 0.15) is 80.6 Å². The first-order valence-corrected chi connectivity index (χ1v) is 8.23. The molecule has 24 heavy (non-hydrogen) atoms. The summed E-state index contributed by atoms with van der Waals surface area (Å²) in [4.78, 5) is 34.4. The second-order valence-electron chi connectivity index (χ2n) is 8.28. The smallest absolute Gasteiger partial charge is 0.306 e. The molecule has 0 rings (SSSR count). The van der Waals surface area contributed by atoms with Gasteiger partial charge in [-0.25, -0.2) is 0 Å². The molecule has 0 bridgehead atoms. The van der Waals surface area contributed by atoms with Gasteiger partial charge in [-0.3, -0.25) is 19.7 Å². The molecule has 0 aliphatic carbocycles. The van der Waals surface area contributed by atoms with Gasteiger partial charge in [0.1, 0.15) is 11.2 Å². The van der Waals surface area contributed by atoms with Gasteiger partial charge >= 0.3 is 11.9 Å². The number of carbonyl (C=O) groups is 2. The summed E-state index contributed by atoms with van der Waals surface area (Å²) in [7, 11) is 0. The van der Waals surface area contributed by atoms with Crippen molar-refractivity contribution in [1.29, 1.82) is 0 Å². The Morgan fingerprint density at radius 2 is 1.25 bits per heavy atom. The van der Waals surface area contributed by atoms with Crippen LogP contribution >= 0.6 is 0 Å². The first-order valence-electron chi connectivity index (χ1n) is 8.23. The molecule has 0 radical (unpaired) electrons. The lowest BCUT2D eigenvalue weighted by Crippen LogP contribution is -2.36. The summed E-state index contributed by atoms with van der Waals surface area (Å²) in [5.41, 5.74) is -2.45. The summed E-state index contributed by atoms with van der Waals surface area (Å²) in [6, 6.07) is 0. The molecule has 0 aliphatic heterocycles. The zero-order chi connectivity index (χ0) is 19.2. The van der Waals surface area contributed by atoms with E-state index in [2.05, 4.69) is 0 Å². The van der Waals surface area contributed by atoms with Crippen LogP contribution in [-0.4, -0.2) is 33.6 Å². The number of rotatable bonds is 8. The summed E-state index contributed by atoms with van der Waals surface area (Å²) in [5, 5.41) is 11.4. The Kier molecular flexibility index (Phi) is 7.86. The maximum Gasteiger partial charge on any atom is 0.306 e. The second kappa shape index (κ2) is 8.44. The van der Waals surface area contributed by atoms with Crippen LogP contribution in [0.3, 0.4) is 0 Å². The van der Waals surface area contributed by atoms with E-state index in [4.69, 9.17) is 9.47 Å². The Morgan fingerprint density at radius 1 is 0.833 bits per heavy atom. The maximum absolute atomic E-state index is 11.7. The zero-order valence-corrected chi connectivity index (χ0v) is 15.9. The standard InChI is InChI=1S/C17H31NO6/c1-15(2,3)23-13(19)9-8-11-17(7,18(21)22)12-10-14(20)24-16(4,5)6/h8-12H2,1-7H3. The number of ether oxygens (including phenoxy) is 2. The molecule has 0 aromatic carbocycles. The highest BCUT2D eigenvalue weighted by Gasteiger charge is 2.37. The predicted molar refractivity (Wildman–Crippen MR) is 90.2 cm³/mol. The van der Waals surface area contributed by atoms with Crippen LogP contribution in [0.15, 0.2) is 0 Å². The molecule has 140 valence electrons. The average Bonchev–Trinajstić information content (AvgIpc) is 2.31. The molecular weight excluding hydrogens is 314 g/mol. The number of carbonyl (C=O) groups excluding carboxylic acids is 2. The summed E-state index contributed by atoms with van der Waals surface area (Å²) in [6.45, 7) is 12.0. The quantitative estimate of drug-likeness (QED) is 0.378. The fraction of sp³-hybridized carbons (Fsp3) is 0.882. The van der Waals surface area contributed by atoms with Crippen LogP contribution in [0, 0.1) is 10.1 Å². The Bertz CT molecular complexity index is 461. The fourth-order valence-electron chi connectivity index (χ4n) is 2.08. The van der Waals surface area contributed by atoms with Crippen molar-refractivity contribution in [3.63, 3.8) is 0 Å². The molecule has 0 saturated heterocycles. The average molecular weight is 345 g/mol. The van der Waals surface area contributed by atoms with E-state index in [9.17, 15) is 19.7 Å². The van der Waals surface area contributed by atoms with Gasteiger partial charge in [-0.15, -0.1) is 0 Å². The van der Waals surface area contributed by atoms with Crippen LogP contribution in [0.25, 0.3) is 0 Å². The van der Waals surface area contributed by atoms with Gasteiger partial charge < -0.3 is 9.47 Å². The number of nitro groups is 1. The van der Waals surface area contributed by atoms with Crippen LogP contribution < -0.4 is 0 Å². The third-order valence-electron chi connectivity index (χ3n) is 3.24. The van der Waals surface area contributed by atoms with Crippen molar-refractivity contribution in [3.05, 3.63) is 10.1 Å². The van der Waals surface area contributed by atoms with Gasteiger partial charge in [0.2, 0.25) is 5.54 Å². The minimum absolute atomic E-state index is 0.0266. The van der Waals surface area contributed by atoms with Crippen molar-refractivity contribution < 1.29 is 24.0 Å². The molecule has 7 heteroatoms. The Balaban J connectivity index is 4.49. The van der Waals surface area contributed by atoms with Gasteiger partial charge in [-0.1, -0.05) is 0 Å². The van der Waals surface area contributed by atoms with E-state index in [0.29, 0.717) is 6.42 Å². The van der Waals surface area contributed by atoms with Crippen LogP contribution in [-0.2, 0) is 19.1 Å². The van der Waals surface area contributed by atoms with Gasteiger partial charge in [-0.05, 0) is 48.0 Å². The maximum atomic E-state index is 11.7. The van der Waals surface area contributed by atoms with Crippen LogP contribution in [0.5, 0.6) is 0 Å². The number of hydrogen-bond acceptors (Lipinski definition) is 6. The Labute approximate surface area is 144 Å². The Hall–Kier alpha value is -1.66. The van der Waals surface area contributed by atoms with E-state index in [0.717, 1.165) is 0 Å². The van der Waals surface area contributed by atoms with Gasteiger partial charge in [0, 0.05) is 31.1 Å². The topological polar surface area (TPSA) is 95.7 Å². The monoisotopic (exact) mass is 345 g/mol. The van der Waals surface area contributed by atoms with Crippen molar-refractivity contribution in [2.45, 2.75) is 97.3 Å². The van der Waals surface area contributed by atoms with Crippen LogP contribution in [0.4, 0.5) is 0 Å². The first kappa shape index (κ1) is 22.3. The van der Waals surface area contributed by atoms with E-state index in [1.165, 1.54) is 6.92 Å². The van der Waals surface area contributed by atoms with Gasteiger partial charge in [0.05, 0.1) is 6.42 Å². The lowest BCUT2D eigenvalue weighted by molar-refractivity contribution is -0.567. The van der Waals surface area contributed by atoms with Crippen molar-refractivity contribution in [2.24, 2.45) is 0 Å². The summed E-state index contributed by atoms with van der Waals surface area (Å²) in [6.07, 6.45) is 0.695. The molecule has 0 aromatic rings. The fourth-order valence-corrected chi connectivity index (χ4v) is 2.08. The summed E-state index contributed by atoms with van der Waals surface area (Å²) < 4.78 is 10.4. The largest absolute Gasteiger partial charge is 0.460 e. The molecule has 1 unspecified atom stereocenters. The molecule has 0 N–H and O–H groups in total. The predicted octanol–water partition coefficient (Wildman–Crippen LogP) is 3.66. The van der Waals surface area contributed by atoms with E-state index >= 15 is 0 Å². The molecule has 0 saturated carbocycles. The van der Waals surface area contributed by atoms with Crippen molar-refractivity contribution >= 4 is 11.9 Å². The lowest BCUT2D eigenvalue weighted by Gasteiger charge is -2.23. The SMILES string of the molecule is CC(C)(C)OC(=O)CCCC(C)(CCC(=O)OC(C)(C)C)[N+](=O)[O-]. The minimum atomic E-state index is -1.26. The molecule has 0 fully saturated rings. The number of esters is 2. The molecule has 1 atom stereocenters. The van der Waals surface area contributed by atoms with Crippen molar-refractivity contribution in [1.82, 2.24) is 0 Å². The van der Waals surface area contributed by atoms with Gasteiger partial charge in [-0.2, -0.15) is 0 Å². The summed E-state index contributed by atoms with van der Waals surface area (Å²) in [5.74, 6) is -0.831. The Morgan fingerprint density at radius 3 is 1.62 bits per heavy atom. The van der Waals surface area contributed by atoms with Gasteiger partial charge in [0.15, 0.2) is 0 Å². The normalized spacial score (nSPS) is 14.6. The highest BCUT2D eigenvalue weighted by atomic mass is 16.6. The molecule has 0 amide bonds. The number of nitrogens with zero attached hydrogens (tertiary/aromatic N) is 1. The van der Waals surface area contributed by atoms with E-state index < -0.39 is 22.7 Å². The van der Waals surface area contributed by atoms with E-state index in [1.807, 2.05) is 0 Å². The van der Waals surface area contributed by atoms with E-state index in [-0.39, 0.29) is 36.6 Å². The third kappa shape index (κ3) is 10.2. The van der Waals surface area contributed by atoms with Crippen molar-refractivity contribution in [3.8, 4) is 0 Å². The number of hydrogen-bond donors (Lipinski definition) is 0. The second-order valence-corrected chi connectivity index (χ2v) is 8.28. The molecule has 0 aliphatic rings. The van der Waals surface area contributed by atoms with Crippen molar-refractivity contribution in [2.75, 3.05) is 0 Å². The highest BCUT2D eigenvalue weighted by molar-refractivity contribution is 5.70. The summed E-state index contributed by atoms with van der Waals surface area (Å²) >= 11 is 0. The molecule has 0 heterocycles. The molecule has 0 spiro atoms. The minimum Gasteiger partial charge on any atom is -0.460 e. The molecule has 7 nitrogen and oxygen atoms in total. The lowest BCUT2D eigenvalue weighted by atomic mass is 9.90. The van der Waals surface area contributed by atoms with Gasteiger partial charge in [0.25, 0.3) is 0 Å².